The Hall–Kier alpha value is -0.520. The Morgan fingerprint density at radius 2 is 1.71 bits per heavy atom. The van der Waals surface area contributed by atoms with E-state index in [0.29, 0.717) is 18.7 Å². The van der Waals surface area contributed by atoms with Crippen molar-refractivity contribution >= 4 is 15.9 Å². The lowest BCUT2D eigenvalue weighted by Gasteiger charge is -2.34. The Morgan fingerprint density at radius 1 is 1.12 bits per heavy atom. The molecule has 0 unspecified atom stereocenters. The number of benzene rings is 1. The summed E-state index contributed by atoms with van der Waals surface area (Å²) in [4.78, 5) is 1.85. The summed E-state index contributed by atoms with van der Waals surface area (Å²) < 4.78 is 27.3. The fourth-order valence-corrected chi connectivity index (χ4v) is 2.40. The van der Waals surface area contributed by atoms with E-state index in [1.54, 1.807) is 12.1 Å². The van der Waals surface area contributed by atoms with Crippen LogP contribution in [0.15, 0.2) is 28.7 Å². The summed E-state index contributed by atoms with van der Waals surface area (Å²) in [5.74, 6) is 0. The molecule has 0 radical (unpaired) electrons. The fraction of sp³-hybridized carbons (Fsp3) is 0.500. The summed E-state index contributed by atoms with van der Waals surface area (Å²) >= 11 is 3.32. The molecule has 2 nitrogen and oxygen atoms in total. The van der Waals surface area contributed by atoms with Crippen LogP contribution in [0.1, 0.15) is 11.6 Å². The van der Waals surface area contributed by atoms with Gasteiger partial charge in [-0.05, 0) is 17.7 Å². The van der Waals surface area contributed by atoms with Crippen LogP contribution in [-0.2, 0) is 0 Å². The summed E-state index contributed by atoms with van der Waals surface area (Å²) in [7, 11) is 0. The van der Waals surface area contributed by atoms with E-state index in [4.69, 9.17) is 0 Å². The average molecular weight is 305 g/mol. The first-order chi connectivity index (χ1) is 8.18. The van der Waals surface area contributed by atoms with E-state index in [1.807, 2.05) is 17.0 Å². The first-order valence-electron chi connectivity index (χ1n) is 5.67. The molecule has 1 aliphatic rings. The molecule has 1 saturated heterocycles. The topological polar surface area (TPSA) is 15.3 Å². The lowest BCUT2D eigenvalue weighted by molar-refractivity contribution is 0.0182. The fourth-order valence-electron chi connectivity index (χ4n) is 2.14. The third kappa shape index (κ3) is 3.24. The highest BCUT2D eigenvalue weighted by Gasteiger charge is 2.29. The minimum atomic E-state index is -2.35. The van der Waals surface area contributed by atoms with Gasteiger partial charge in [-0.2, -0.15) is 0 Å². The van der Waals surface area contributed by atoms with Gasteiger partial charge in [-0.15, -0.1) is 0 Å². The molecule has 0 aromatic heterocycles. The van der Waals surface area contributed by atoms with Crippen LogP contribution < -0.4 is 5.32 Å². The second-order valence-corrected chi connectivity index (χ2v) is 5.03. The van der Waals surface area contributed by atoms with Crippen LogP contribution in [0.3, 0.4) is 0 Å². The maximum Gasteiger partial charge on any atom is 0.258 e. The molecule has 0 spiro atoms. The second-order valence-electron chi connectivity index (χ2n) is 4.12. The highest BCUT2D eigenvalue weighted by molar-refractivity contribution is 9.10. The Labute approximate surface area is 108 Å². The summed E-state index contributed by atoms with van der Waals surface area (Å²) in [5, 5.41) is 3.18. The lowest BCUT2D eigenvalue weighted by atomic mass is 10.1. The smallest absolute Gasteiger partial charge is 0.258 e. The first-order valence-corrected chi connectivity index (χ1v) is 6.46. The molecule has 5 heteroatoms. The number of hydrogen-bond acceptors (Lipinski definition) is 2. The van der Waals surface area contributed by atoms with Gasteiger partial charge in [0.15, 0.2) is 0 Å². The number of hydrogen-bond donors (Lipinski definition) is 1. The van der Waals surface area contributed by atoms with Crippen LogP contribution in [0, 0.1) is 0 Å². The number of piperazine rings is 1. The van der Waals surface area contributed by atoms with Crippen LogP contribution in [0.2, 0.25) is 0 Å². The SMILES string of the molecule is FC(F)[C@@H](c1ccc(Br)cc1)N1CCNCC1. The van der Waals surface area contributed by atoms with Crippen molar-refractivity contribution in [3.8, 4) is 0 Å². The van der Waals surface area contributed by atoms with E-state index in [2.05, 4.69) is 21.2 Å². The zero-order valence-corrected chi connectivity index (χ0v) is 11.0. The van der Waals surface area contributed by atoms with E-state index >= 15 is 0 Å². The Bertz CT molecular complexity index is 350. The largest absolute Gasteiger partial charge is 0.314 e. The number of nitrogens with one attached hydrogen (secondary N) is 1. The third-order valence-electron chi connectivity index (χ3n) is 3.00. The molecule has 0 aliphatic carbocycles. The van der Waals surface area contributed by atoms with Gasteiger partial charge in [0.05, 0.1) is 6.04 Å². The zero-order valence-electron chi connectivity index (χ0n) is 9.37. The van der Waals surface area contributed by atoms with Crippen molar-refractivity contribution in [2.24, 2.45) is 0 Å². The van der Waals surface area contributed by atoms with Gasteiger partial charge in [0, 0.05) is 30.7 Å². The van der Waals surface area contributed by atoms with Crippen molar-refractivity contribution in [1.82, 2.24) is 10.2 Å². The maximum atomic E-state index is 13.2. The molecule has 0 bridgehead atoms. The van der Waals surface area contributed by atoms with Crippen LogP contribution >= 0.6 is 15.9 Å². The Kier molecular flexibility index (Phi) is 4.48. The summed E-state index contributed by atoms with van der Waals surface area (Å²) in [5.41, 5.74) is 0.685. The maximum absolute atomic E-state index is 13.2. The molecular weight excluding hydrogens is 290 g/mol. The van der Waals surface area contributed by atoms with Crippen molar-refractivity contribution in [2.45, 2.75) is 12.5 Å². The highest BCUT2D eigenvalue weighted by Crippen LogP contribution is 2.28. The van der Waals surface area contributed by atoms with Gasteiger partial charge in [0.1, 0.15) is 0 Å². The van der Waals surface area contributed by atoms with Gasteiger partial charge in [0.2, 0.25) is 0 Å². The van der Waals surface area contributed by atoms with E-state index in [9.17, 15) is 8.78 Å². The van der Waals surface area contributed by atoms with Crippen LogP contribution in [0.4, 0.5) is 8.78 Å². The molecule has 1 heterocycles. The highest BCUT2D eigenvalue weighted by atomic mass is 79.9. The van der Waals surface area contributed by atoms with Gasteiger partial charge in [-0.1, -0.05) is 28.1 Å². The molecule has 0 amide bonds. The Balaban J connectivity index is 2.18. The third-order valence-corrected chi connectivity index (χ3v) is 3.52. The van der Waals surface area contributed by atoms with Crippen molar-refractivity contribution in [3.05, 3.63) is 34.3 Å². The number of alkyl halides is 2. The number of nitrogens with zero attached hydrogens (tertiary/aromatic N) is 1. The molecule has 0 saturated carbocycles. The molecule has 1 atom stereocenters. The van der Waals surface area contributed by atoms with Crippen LogP contribution in [0.25, 0.3) is 0 Å². The lowest BCUT2D eigenvalue weighted by Crippen LogP contribution is -2.46. The quantitative estimate of drug-likeness (QED) is 0.923. The summed E-state index contributed by atoms with van der Waals surface area (Å²) in [6.07, 6.45) is -2.35. The normalized spacial score (nSPS) is 19.5. The van der Waals surface area contributed by atoms with Crippen molar-refractivity contribution < 1.29 is 8.78 Å². The molecule has 1 N–H and O–H groups in total. The first kappa shape index (κ1) is 12.9. The van der Waals surface area contributed by atoms with E-state index in [0.717, 1.165) is 17.6 Å². The van der Waals surface area contributed by atoms with Crippen molar-refractivity contribution in [1.29, 1.82) is 0 Å². The Morgan fingerprint density at radius 3 is 2.24 bits per heavy atom. The molecule has 1 aromatic carbocycles. The van der Waals surface area contributed by atoms with Gasteiger partial charge in [0.25, 0.3) is 6.43 Å². The van der Waals surface area contributed by atoms with E-state index in [1.165, 1.54) is 0 Å². The van der Waals surface area contributed by atoms with E-state index in [-0.39, 0.29) is 0 Å². The molecule has 94 valence electrons. The molecule has 1 fully saturated rings. The molecule has 1 aromatic rings. The average Bonchev–Trinajstić information content (AvgIpc) is 2.33. The second kappa shape index (κ2) is 5.89. The van der Waals surface area contributed by atoms with Crippen LogP contribution in [0.5, 0.6) is 0 Å². The van der Waals surface area contributed by atoms with Gasteiger partial charge in [-0.3, -0.25) is 4.90 Å². The van der Waals surface area contributed by atoms with Crippen LogP contribution in [-0.4, -0.2) is 37.5 Å². The van der Waals surface area contributed by atoms with Gasteiger partial charge >= 0.3 is 0 Å². The standard InChI is InChI=1S/C12H15BrF2N2/c13-10-3-1-9(2-4-10)11(12(14)15)17-7-5-16-6-8-17/h1-4,11-12,16H,5-8H2/t11-/m1/s1. The van der Waals surface area contributed by atoms with E-state index < -0.39 is 12.5 Å². The molecule has 1 aliphatic heterocycles. The summed E-state index contributed by atoms with van der Waals surface area (Å²) in [6.45, 7) is 2.90. The zero-order chi connectivity index (χ0) is 12.3. The predicted molar refractivity (Wildman–Crippen MR) is 67.3 cm³/mol. The summed E-state index contributed by atoms with van der Waals surface area (Å²) in [6, 6.07) is 6.37. The van der Waals surface area contributed by atoms with Crippen molar-refractivity contribution in [3.63, 3.8) is 0 Å². The number of rotatable bonds is 3. The predicted octanol–water partition coefficient (Wildman–Crippen LogP) is 2.66. The number of halogens is 3. The van der Waals surface area contributed by atoms with Crippen molar-refractivity contribution in [2.75, 3.05) is 26.2 Å². The minimum absolute atomic E-state index is 0.672. The monoisotopic (exact) mass is 304 g/mol. The molecular formula is C12H15BrF2N2. The van der Waals surface area contributed by atoms with Gasteiger partial charge < -0.3 is 5.32 Å². The van der Waals surface area contributed by atoms with Gasteiger partial charge in [-0.25, -0.2) is 8.78 Å². The minimum Gasteiger partial charge on any atom is -0.314 e. The molecule has 2 rings (SSSR count). The molecule has 17 heavy (non-hydrogen) atoms.